The molecule has 0 saturated carbocycles. The van der Waals surface area contributed by atoms with Crippen molar-refractivity contribution in [3.8, 4) is 0 Å². The molecule has 1 aromatic carbocycles. The molecule has 0 amide bonds. The highest BCUT2D eigenvalue weighted by Crippen LogP contribution is 2.47. The first-order chi connectivity index (χ1) is 11.4. The Bertz CT molecular complexity index is 624. The molecule has 0 spiro atoms. The molecule has 0 radical (unpaired) electrons. The van der Waals surface area contributed by atoms with E-state index in [4.69, 9.17) is 9.47 Å². The summed E-state index contributed by atoms with van der Waals surface area (Å²) in [5, 5.41) is 9.68. The number of carbonyl (C=O) groups is 2. The fourth-order valence-electron chi connectivity index (χ4n) is 3.36. The highest BCUT2D eigenvalue weighted by atomic mass is 16.6. The van der Waals surface area contributed by atoms with E-state index < -0.39 is 47.0 Å². The number of rotatable bonds is 3. The van der Waals surface area contributed by atoms with Crippen molar-refractivity contribution in [2.45, 2.75) is 65.3 Å². The number of hydrogen-bond donors (Lipinski definition) is 1. The van der Waals surface area contributed by atoms with E-state index >= 15 is 0 Å². The average Bonchev–Trinajstić information content (AvgIpc) is 2.87. The number of carboxylic acid groups (broad SMARTS) is 1. The third-order valence-corrected chi connectivity index (χ3v) is 4.29. The van der Waals surface area contributed by atoms with Crippen LogP contribution >= 0.6 is 0 Å². The van der Waals surface area contributed by atoms with Gasteiger partial charge in [-0.3, -0.25) is 4.79 Å². The molecule has 5 nitrogen and oxygen atoms in total. The van der Waals surface area contributed by atoms with Crippen LogP contribution in [0, 0.1) is 11.3 Å². The fourth-order valence-corrected chi connectivity index (χ4v) is 3.36. The maximum atomic E-state index is 13.0. The molecule has 5 heteroatoms. The molecule has 4 atom stereocenters. The number of benzene rings is 1. The standard InChI is InChI=1S/C20H28O5/c1-19(2,3)16-14(18(23)25-20(4,5)6)13(15(24-16)17(21)22)12-10-8-7-9-11-12/h7-11,13-16H,1-6H3,(H,21,22)/t13-,14?,15-,16?/m1/s1. The lowest BCUT2D eigenvalue weighted by atomic mass is 9.74. The van der Waals surface area contributed by atoms with Crippen molar-refractivity contribution in [3.63, 3.8) is 0 Å². The predicted octanol–water partition coefficient (Wildman–Crippen LogP) is 3.63. The molecule has 1 saturated heterocycles. The first kappa shape index (κ1) is 19.4. The van der Waals surface area contributed by atoms with Crippen LogP contribution in [0.25, 0.3) is 0 Å². The van der Waals surface area contributed by atoms with Crippen LogP contribution in [0.15, 0.2) is 30.3 Å². The zero-order valence-corrected chi connectivity index (χ0v) is 15.8. The van der Waals surface area contributed by atoms with E-state index in [1.54, 1.807) is 20.8 Å². The third-order valence-electron chi connectivity index (χ3n) is 4.29. The van der Waals surface area contributed by atoms with Crippen LogP contribution in [-0.4, -0.2) is 34.9 Å². The van der Waals surface area contributed by atoms with Gasteiger partial charge in [0.1, 0.15) is 5.60 Å². The number of esters is 1. The summed E-state index contributed by atoms with van der Waals surface area (Å²) >= 11 is 0. The Labute approximate surface area is 149 Å². The summed E-state index contributed by atoms with van der Waals surface area (Å²) in [5.41, 5.74) is -0.279. The highest BCUT2D eigenvalue weighted by Gasteiger charge is 2.56. The third kappa shape index (κ3) is 4.40. The van der Waals surface area contributed by atoms with Crippen LogP contribution in [0.5, 0.6) is 0 Å². The minimum Gasteiger partial charge on any atom is -0.479 e. The molecule has 2 unspecified atom stereocenters. The molecular weight excluding hydrogens is 320 g/mol. The highest BCUT2D eigenvalue weighted by molar-refractivity contribution is 5.81. The Morgan fingerprint density at radius 3 is 2.04 bits per heavy atom. The van der Waals surface area contributed by atoms with E-state index in [9.17, 15) is 14.7 Å². The monoisotopic (exact) mass is 348 g/mol. The van der Waals surface area contributed by atoms with Gasteiger partial charge in [0.25, 0.3) is 0 Å². The Morgan fingerprint density at radius 1 is 1.04 bits per heavy atom. The molecular formula is C20H28O5. The van der Waals surface area contributed by atoms with Gasteiger partial charge in [0.2, 0.25) is 0 Å². The average molecular weight is 348 g/mol. The summed E-state index contributed by atoms with van der Waals surface area (Å²) in [6.45, 7) is 11.3. The molecule has 1 aromatic rings. The van der Waals surface area contributed by atoms with E-state index in [1.807, 2.05) is 51.1 Å². The van der Waals surface area contributed by atoms with Gasteiger partial charge in [-0.15, -0.1) is 0 Å². The van der Waals surface area contributed by atoms with E-state index in [0.717, 1.165) is 5.56 Å². The molecule has 1 N–H and O–H groups in total. The van der Waals surface area contributed by atoms with Gasteiger partial charge in [-0.2, -0.15) is 0 Å². The predicted molar refractivity (Wildman–Crippen MR) is 94.3 cm³/mol. The van der Waals surface area contributed by atoms with E-state index in [1.165, 1.54) is 0 Å². The van der Waals surface area contributed by atoms with Crippen LogP contribution in [0.2, 0.25) is 0 Å². The minimum absolute atomic E-state index is 0.404. The van der Waals surface area contributed by atoms with E-state index in [0.29, 0.717) is 0 Å². The van der Waals surface area contributed by atoms with Gasteiger partial charge in [0.15, 0.2) is 6.10 Å². The van der Waals surface area contributed by atoms with Crippen LogP contribution in [0.3, 0.4) is 0 Å². The maximum Gasteiger partial charge on any atom is 0.333 e. The number of hydrogen-bond acceptors (Lipinski definition) is 4. The van der Waals surface area contributed by atoms with Crippen LogP contribution in [0.4, 0.5) is 0 Å². The van der Waals surface area contributed by atoms with Gasteiger partial charge in [0, 0.05) is 5.92 Å². The minimum atomic E-state index is -1.08. The maximum absolute atomic E-state index is 13.0. The van der Waals surface area contributed by atoms with Gasteiger partial charge in [0.05, 0.1) is 12.0 Å². The fraction of sp³-hybridized carbons (Fsp3) is 0.600. The largest absolute Gasteiger partial charge is 0.479 e. The second-order valence-corrected chi connectivity index (χ2v) is 8.68. The topological polar surface area (TPSA) is 72.8 Å². The summed E-state index contributed by atoms with van der Waals surface area (Å²) in [6.07, 6.45) is -1.63. The van der Waals surface area contributed by atoms with Crippen molar-refractivity contribution in [1.29, 1.82) is 0 Å². The summed E-state index contributed by atoms with van der Waals surface area (Å²) < 4.78 is 11.5. The first-order valence-electron chi connectivity index (χ1n) is 8.58. The van der Waals surface area contributed by atoms with Crippen molar-refractivity contribution in [1.82, 2.24) is 0 Å². The van der Waals surface area contributed by atoms with Crippen molar-refractivity contribution in [2.75, 3.05) is 0 Å². The van der Waals surface area contributed by atoms with Crippen molar-refractivity contribution in [2.24, 2.45) is 11.3 Å². The number of carbonyl (C=O) groups excluding carboxylic acids is 1. The molecule has 25 heavy (non-hydrogen) atoms. The van der Waals surface area contributed by atoms with Crippen molar-refractivity contribution >= 4 is 11.9 Å². The van der Waals surface area contributed by atoms with Crippen LogP contribution in [0.1, 0.15) is 53.0 Å². The molecule has 2 rings (SSSR count). The molecule has 0 bridgehead atoms. The molecule has 0 aromatic heterocycles. The zero-order chi connectivity index (χ0) is 19.0. The smallest absolute Gasteiger partial charge is 0.333 e. The summed E-state index contributed by atoms with van der Waals surface area (Å²) in [4.78, 5) is 24.8. The Hall–Kier alpha value is -1.88. The summed E-state index contributed by atoms with van der Waals surface area (Å²) in [7, 11) is 0. The van der Waals surface area contributed by atoms with Gasteiger partial charge < -0.3 is 14.6 Å². The number of carboxylic acids is 1. The quantitative estimate of drug-likeness (QED) is 0.845. The van der Waals surface area contributed by atoms with E-state index in [2.05, 4.69) is 0 Å². The SMILES string of the molecule is CC(C)(C)OC(=O)C1C(C(C)(C)C)O[C@@H](C(=O)O)[C@@H]1c1ccccc1. The lowest BCUT2D eigenvalue weighted by Crippen LogP contribution is -2.40. The normalized spacial score (nSPS) is 27.1. The Kier molecular flexibility index (Phi) is 5.28. The molecule has 1 heterocycles. The molecule has 1 aliphatic heterocycles. The summed E-state index contributed by atoms with van der Waals surface area (Å²) in [5.74, 6) is -2.74. The van der Waals surface area contributed by atoms with Gasteiger partial charge in [-0.1, -0.05) is 51.1 Å². The van der Waals surface area contributed by atoms with Gasteiger partial charge in [-0.05, 0) is 31.7 Å². The summed E-state index contributed by atoms with van der Waals surface area (Å²) in [6, 6.07) is 9.22. The van der Waals surface area contributed by atoms with Crippen LogP contribution < -0.4 is 0 Å². The molecule has 1 aliphatic rings. The zero-order valence-electron chi connectivity index (χ0n) is 15.8. The van der Waals surface area contributed by atoms with Gasteiger partial charge >= 0.3 is 11.9 Å². The second kappa shape index (κ2) is 6.79. The Morgan fingerprint density at radius 2 is 1.60 bits per heavy atom. The van der Waals surface area contributed by atoms with Crippen molar-refractivity contribution < 1.29 is 24.2 Å². The van der Waals surface area contributed by atoms with E-state index in [-0.39, 0.29) is 0 Å². The lowest BCUT2D eigenvalue weighted by molar-refractivity contribution is -0.166. The molecule has 0 aliphatic carbocycles. The van der Waals surface area contributed by atoms with Crippen LogP contribution in [-0.2, 0) is 19.1 Å². The second-order valence-electron chi connectivity index (χ2n) is 8.68. The lowest BCUT2D eigenvalue weighted by Gasteiger charge is -2.33. The molecule has 138 valence electrons. The van der Waals surface area contributed by atoms with Gasteiger partial charge in [-0.25, -0.2) is 4.79 Å². The van der Waals surface area contributed by atoms with Crippen molar-refractivity contribution in [3.05, 3.63) is 35.9 Å². The first-order valence-corrected chi connectivity index (χ1v) is 8.58. The Balaban J connectivity index is 2.52. The number of ether oxygens (including phenoxy) is 2. The number of aliphatic carboxylic acids is 1. The molecule has 1 fully saturated rings.